The van der Waals surface area contributed by atoms with Gasteiger partial charge in [0.25, 0.3) is 11.8 Å². The maximum absolute atomic E-state index is 13.2. The molecule has 21 heavy (non-hydrogen) atoms. The summed E-state index contributed by atoms with van der Waals surface area (Å²) in [5.74, 6) is -3.79. The Morgan fingerprint density at radius 2 is 1.71 bits per heavy atom. The lowest BCUT2D eigenvalue weighted by Crippen LogP contribution is -2.29. The van der Waals surface area contributed by atoms with Gasteiger partial charge >= 0.3 is 0 Å². The number of nitrogens with two attached hydrogens (primary N) is 1. The Balaban J connectivity index is 2.06. The van der Waals surface area contributed by atoms with Gasteiger partial charge in [-0.1, -0.05) is 0 Å². The molecule has 5 nitrogen and oxygen atoms in total. The molecule has 108 valence electrons. The van der Waals surface area contributed by atoms with Crippen LogP contribution in [0.25, 0.3) is 0 Å². The van der Waals surface area contributed by atoms with Gasteiger partial charge in [-0.15, -0.1) is 11.3 Å². The Hall–Kier alpha value is -2.19. The predicted octanol–water partition coefficient (Wildman–Crippen LogP) is 2.24. The monoisotopic (exact) mass is 309 g/mol. The van der Waals surface area contributed by atoms with Crippen LogP contribution in [0.2, 0.25) is 0 Å². The summed E-state index contributed by atoms with van der Waals surface area (Å²) in [6.45, 7) is 1.71. The van der Waals surface area contributed by atoms with Crippen molar-refractivity contribution in [3.05, 3.63) is 46.0 Å². The molecule has 1 unspecified atom stereocenters. The summed E-state index contributed by atoms with van der Waals surface area (Å²) in [7, 11) is 0. The standard InChI is InChI=1S/C13H9F2N3O2S/c1-5(16)10-4-21-13(17-10)18-11(19)6-2-8(14)9(15)3-7(6)12(18)20/h2-5H,16H2,1H3. The van der Waals surface area contributed by atoms with E-state index in [1.165, 1.54) is 0 Å². The van der Waals surface area contributed by atoms with Crippen LogP contribution in [0.5, 0.6) is 0 Å². The second kappa shape index (κ2) is 4.68. The Morgan fingerprint density at radius 3 is 2.14 bits per heavy atom. The Morgan fingerprint density at radius 1 is 1.19 bits per heavy atom. The first-order valence-corrected chi connectivity index (χ1v) is 6.87. The van der Waals surface area contributed by atoms with Gasteiger partial charge in [0.05, 0.1) is 16.8 Å². The van der Waals surface area contributed by atoms with Gasteiger partial charge in [0.15, 0.2) is 16.8 Å². The van der Waals surface area contributed by atoms with Crippen LogP contribution in [0.4, 0.5) is 13.9 Å². The summed E-state index contributed by atoms with van der Waals surface area (Å²) in [5.41, 5.74) is 5.87. The molecule has 3 rings (SSSR count). The van der Waals surface area contributed by atoms with Crippen molar-refractivity contribution in [3.8, 4) is 0 Å². The van der Waals surface area contributed by atoms with E-state index < -0.39 is 23.4 Å². The minimum absolute atomic E-state index is 0.134. The molecule has 0 saturated carbocycles. The summed E-state index contributed by atoms with van der Waals surface area (Å²) in [5, 5.41) is 1.76. The number of amides is 2. The minimum atomic E-state index is -1.17. The molecule has 1 atom stereocenters. The number of thiazole rings is 1. The molecule has 0 spiro atoms. The third kappa shape index (κ3) is 2.03. The zero-order chi connectivity index (χ0) is 15.3. The van der Waals surface area contributed by atoms with Crippen LogP contribution < -0.4 is 10.6 Å². The van der Waals surface area contributed by atoms with E-state index in [4.69, 9.17) is 5.73 Å². The van der Waals surface area contributed by atoms with Crippen molar-refractivity contribution in [3.63, 3.8) is 0 Å². The summed E-state index contributed by atoms with van der Waals surface area (Å²) < 4.78 is 26.5. The average Bonchev–Trinajstić information content (AvgIpc) is 2.98. The topological polar surface area (TPSA) is 76.3 Å². The molecule has 8 heteroatoms. The van der Waals surface area contributed by atoms with Gasteiger partial charge in [0.1, 0.15) is 0 Å². The lowest BCUT2D eigenvalue weighted by atomic mass is 10.1. The molecule has 1 aliphatic rings. The molecule has 1 aromatic carbocycles. The molecule has 0 saturated heterocycles. The molecule has 0 radical (unpaired) electrons. The second-order valence-corrected chi connectivity index (χ2v) is 5.44. The number of benzene rings is 1. The van der Waals surface area contributed by atoms with Crippen LogP contribution in [0, 0.1) is 11.6 Å². The normalized spacial score (nSPS) is 15.5. The summed E-state index contributed by atoms with van der Waals surface area (Å²) >= 11 is 1.07. The molecular formula is C13H9F2N3O2S. The molecule has 2 amide bonds. The van der Waals surface area contributed by atoms with Gasteiger partial charge < -0.3 is 5.73 Å². The fourth-order valence-corrected chi connectivity index (χ4v) is 2.92. The number of hydrogen-bond acceptors (Lipinski definition) is 5. The molecule has 0 bridgehead atoms. The van der Waals surface area contributed by atoms with Gasteiger partial charge in [-0.2, -0.15) is 0 Å². The van der Waals surface area contributed by atoms with Crippen molar-refractivity contribution in [1.29, 1.82) is 0 Å². The molecule has 2 N–H and O–H groups in total. The van der Waals surface area contributed by atoms with E-state index in [0.29, 0.717) is 5.69 Å². The van der Waals surface area contributed by atoms with E-state index in [0.717, 1.165) is 28.4 Å². The maximum Gasteiger partial charge on any atom is 0.268 e. The molecule has 0 aliphatic carbocycles. The fraction of sp³-hybridized carbons (Fsp3) is 0.154. The quantitative estimate of drug-likeness (QED) is 0.863. The summed E-state index contributed by atoms with van der Waals surface area (Å²) in [4.78, 5) is 29.3. The van der Waals surface area contributed by atoms with E-state index in [-0.39, 0.29) is 22.3 Å². The summed E-state index contributed by atoms with van der Waals surface area (Å²) in [6.07, 6.45) is 0. The van der Waals surface area contributed by atoms with Gasteiger partial charge in [-0.05, 0) is 19.1 Å². The van der Waals surface area contributed by atoms with Crippen molar-refractivity contribution in [1.82, 2.24) is 4.98 Å². The van der Waals surface area contributed by atoms with E-state index >= 15 is 0 Å². The smallest absolute Gasteiger partial charge is 0.268 e. The Labute approximate surface area is 122 Å². The van der Waals surface area contributed by atoms with Crippen molar-refractivity contribution in [2.45, 2.75) is 13.0 Å². The molecule has 1 aromatic heterocycles. The molecule has 1 aliphatic heterocycles. The highest BCUT2D eigenvalue weighted by Crippen LogP contribution is 2.32. The number of imide groups is 1. The third-order valence-corrected chi connectivity index (χ3v) is 3.94. The number of carbonyl (C=O) groups is 2. The number of aromatic nitrogens is 1. The van der Waals surface area contributed by atoms with Gasteiger partial charge in [0, 0.05) is 11.4 Å². The zero-order valence-corrected chi connectivity index (χ0v) is 11.6. The first-order valence-electron chi connectivity index (χ1n) is 5.99. The number of rotatable bonds is 2. The van der Waals surface area contributed by atoms with Gasteiger partial charge in [0.2, 0.25) is 0 Å². The number of anilines is 1. The maximum atomic E-state index is 13.2. The lowest BCUT2D eigenvalue weighted by Gasteiger charge is -2.09. The SMILES string of the molecule is CC(N)c1csc(N2C(=O)c3cc(F)c(F)cc3C2=O)n1. The number of hydrogen-bond donors (Lipinski definition) is 1. The average molecular weight is 309 g/mol. The second-order valence-electron chi connectivity index (χ2n) is 4.60. The largest absolute Gasteiger partial charge is 0.323 e. The number of nitrogens with zero attached hydrogens (tertiary/aromatic N) is 2. The highest BCUT2D eigenvalue weighted by Gasteiger charge is 2.39. The lowest BCUT2D eigenvalue weighted by molar-refractivity contribution is 0.0926. The zero-order valence-electron chi connectivity index (χ0n) is 10.8. The van der Waals surface area contributed by atoms with Crippen molar-refractivity contribution < 1.29 is 18.4 Å². The van der Waals surface area contributed by atoms with Crippen LogP contribution in [-0.2, 0) is 0 Å². The van der Waals surface area contributed by atoms with Gasteiger partial charge in [-0.25, -0.2) is 18.7 Å². The van der Waals surface area contributed by atoms with Crippen molar-refractivity contribution in [2.24, 2.45) is 5.73 Å². The van der Waals surface area contributed by atoms with E-state index in [1.807, 2.05) is 0 Å². The molecule has 0 fully saturated rings. The highest BCUT2D eigenvalue weighted by atomic mass is 32.1. The minimum Gasteiger partial charge on any atom is -0.323 e. The van der Waals surface area contributed by atoms with E-state index in [1.54, 1.807) is 12.3 Å². The van der Waals surface area contributed by atoms with Gasteiger partial charge in [-0.3, -0.25) is 9.59 Å². The third-order valence-electron chi connectivity index (χ3n) is 3.10. The summed E-state index contributed by atoms with van der Waals surface area (Å²) in [6, 6.07) is 1.11. The van der Waals surface area contributed by atoms with Crippen molar-refractivity contribution in [2.75, 3.05) is 4.90 Å². The van der Waals surface area contributed by atoms with E-state index in [2.05, 4.69) is 4.98 Å². The van der Waals surface area contributed by atoms with E-state index in [9.17, 15) is 18.4 Å². The highest BCUT2D eigenvalue weighted by molar-refractivity contribution is 7.14. The molecule has 2 aromatic rings. The van der Waals surface area contributed by atoms with Crippen LogP contribution in [-0.4, -0.2) is 16.8 Å². The number of fused-ring (bicyclic) bond motifs is 1. The number of carbonyl (C=O) groups excluding carboxylic acids is 2. The van der Waals surface area contributed by atoms with Crippen molar-refractivity contribution >= 4 is 28.3 Å². The Bertz CT molecular complexity index is 732. The predicted molar refractivity (Wildman–Crippen MR) is 72.2 cm³/mol. The Kier molecular flexibility index (Phi) is 3.07. The first kappa shape index (κ1) is 13.8. The fourth-order valence-electron chi connectivity index (χ4n) is 2.00. The first-order chi connectivity index (χ1) is 9.90. The number of halogens is 2. The van der Waals surface area contributed by atoms with Crippen LogP contribution in [0.1, 0.15) is 39.4 Å². The van der Waals surface area contributed by atoms with Crippen LogP contribution in [0.3, 0.4) is 0 Å². The van der Waals surface area contributed by atoms with Crippen LogP contribution >= 0.6 is 11.3 Å². The van der Waals surface area contributed by atoms with Crippen LogP contribution in [0.15, 0.2) is 17.5 Å². The molecule has 2 heterocycles. The molecular weight excluding hydrogens is 300 g/mol.